The minimum atomic E-state index is -0.321. The van der Waals surface area contributed by atoms with E-state index in [4.69, 9.17) is 14.2 Å². The molecule has 0 saturated carbocycles. The van der Waals surface area contributed by atoms with Crippen molar-refractivity contribution >= 4 is 34.8 Å². The fraction of sp³-hybridized carbons (Fsp3) is 0.200. The van der Waals surface area contributed by atoms with Crippen LogP contribution in [0, 0.1) is 0 Å². The first-order valence-electron chi connectivity index (χ1n) is 14.6. The van der Waals surface area contributed by atoms with Crippen LogP contribution in [-0.4, -0.2) is 55.8 Å². The Kier molecular flexibility index (Phi) is 9.74. The minimum absolute atomic E-state index is 0.226. The number of rotatable bonds is 10. The largest absolute Gasteiger partial charge is 0.497 e. The Morgan fingerprint density at radius 1 is 0.733 bits per heavy atom. The van der Waals surface area contributed by atoms with Crippen LogP contribution in [0.1, 0.15) is 56.4 Å². The van der Waals surface area contributed by atoms with Gasteiger partial charge in [-0.05, 0) is 111 Å². The maximum Gasteiger partial charge on any atom is 0.273 e. The molecule has 0 atom stereocenters. The van der Waals surface area contributed by atoms with Gasteiger partial charge in [-0.2, -0.15) is 5.10 Å². The maximum atomic E-state index is 13.3. The van der Waals surface area contributed by atoms with Crippen LogP contribution in [0.3, 0.4) is 0 Å². The Balaban J connectivity index is 1.19. The average Bonchev–Trinajstić information content (AvgIpc) is 3.08. The fourth-order valence-corrected chi connectivity index (χ4v) is 4.81. The molecule has 0 radical (unpaired) electrons. The molecule has 10 nitrogen and oxygen atoms in total. The summed E-state index contributed by atoms with van der Waals surface area (Å²) >= 11 is 0. The van der Waals surface area contributed by atoms with E-state index in [1.807, 2.05) is 25.1 Å². The summed E-state index contributed by atoms with van der Waals surface area (Å²) in [5, 5.41) is 11.8. The summed E-state index contributed by atoms with van der Waals surface area (Å²) in [6.45, 7) is 2.92. The number of nitrogens with zero attached hydrogens (tertiary/aromatic N) is 2. The van der Waals surface area contributed by atoms with Crippen molar-refractivity contribution in [3.8, 4) is 17.2 Å². The zero-order valence-corrected chi connectivity index (χ0v) is 25.3. The summed E-state index contributed by atoms with van der Waals surface area (Å²) in [6, 6.07) is 25.7. The fourth-order valence-electron chi connectivity index (χ4n) is 4.81. The Morgan fingerprint density at radius 2 is 1.31 bits per heavy atom. The lowest BCUT2D eigenvalue weighted by Gasteiger charge is -2.24. The highest BCUT2D eigenvalue weighted by Crippen LogP contribution is 2.30. The molecule has 0 fully saturated rings. The van der Waals surface area contributed by atoms with Crippen molar-refractivity contribution in [2.24, 2.45) is 5.10 Å². The van der Waals surface area contributed by atoms with E-state index in [-0.39, 0.29) is 17.7 Å². The Hall–Kier alpha value is -5.64. The molecule has 1 aliphatic rings. The van der Waals surface area contributed by atoms with E-state index in [2.05, 4.69) is 15.7 Å². The molecule has 45 heavy (non-hydrogen) atoms. The second-order valence-electron chi connectivity index (χ2n) is 10.2. The highest BCUT2D eigenvalue weighted by molar-refractivity contribution is 6.07. The average molecular weight is 607 g/mol. The molecule has 0 aromatic heterocycles. The monoisotopic (exact) mass is 606 g/mol. The summed E-state index contributed by atoms with van der Waals surface area (Å²) in [4.78, 5) is 38.6. The molecule has 1 heterocycles. The van der Waals surface area contributed by atoms with E-state index in [9.17, 15) is 14.4 Å². The van der Waals surface area contributed by atoms with Gasteiger partial charge < -0.3 is 24.8 Å². The number of carbonyl (C=O) groups is 3. The van der Waals surface area contributed by atoms with Gasteiger partial charge in [0.2, 0.25) is 0 Å². The summed E-state index contributed by atoms with van der Waals surface area (Å²) in [5.74, 6) is 1.12. The molecule has 4 aromatic carbocycles. The van der Waals surface area contributed by atoms with E-state index in [0.29, 0.717) is 58.5 Å². The smallest absolute Gasteiger partial charge is 0.273 e. The zero-order chi connectivity index (χ0) is 31.8. The van der Waals surface area contributed by atoms with Crippen LogP contribution in [0.25, 0.3) is 0 Å². The molecule has 4 aromatic rings. The molecular formula is C35H34N4O6. The third kappa shape index (κ3) is 7.48. The molecule has 1 aliphatic heterocycles. The number of methoxy groups -OCH3 is 2. The number of benzene rings is 4. The van der Waals surface area contributed by atoms with Crippen molar-refractivity contribution in [3.05, 3.63) is 113 Å². The zero-order valence-electron chi connectivity index (χ0n) is 25.3. The molecule has 230 valence electrons. The van der Waals surface area contributed by atoms with Gasteiger partial charge >= 0.3 is 0 Å². The van der Waals surface area contributed by atoms with Crippen LogP contribution < -0.4 is 24.8 Å². The van der Waals surface area contributed by atoms with E-state index < -0.39 is 0 Å². The van der Waals surface area contributed by atoms with Gasteiger partial charge in [-0.15, -0.1) is 0 Å². The van der Waals surface area contributed by atoms with E-state index in [1.54, 1.807) is 87.0 Å². The number of ether oxygens (including phenoxy) is 3. The normalized spacial score (nSPS) is 12.5. The molecule has 2 N–H and O–H groups in total. The van der Waals surface area contributed by atoms with Gasteiger partial charge in [0.15, 0.2) is 11.5 Å². The number of hydrazone groups is 1. The van der Waals surface area contributed by atoms with Gasteiger partial charge in [0.05, 0.1) is 26.5 Å². The number of nitrogens with one attached hydrogen (secondary N) is 2. The predicted molar refractivity (Wildman–Crippen MR) is 173 cm³/mol. The Bertz CT molecular complexity index is 1700. The number of anilines is 2. The second-order valence-corrected chi connectivity index (χ2v) is 10.2. The van der Waals surface area contributed by atoms with Gasteiger partial charge in [0.25, 0.3) is 17.7 Å². The Morgan fingerprint density at radius 3 is 1.87 bits per heavy atom. The standard InChI is InChI=1S/C35H34N4O6/c1-4-45-32-22-26(13-20-31(32)44-3)30-6-5-21-39(38-30)35(42)25-9-16-28(17-10-25)37-33(40)23-7-14-27(15-8-23)36-34(41)24-11-18-29(43-2)19-12-24/h7-20,22H,4-6,21H2,1-3H3,(H,36,41)(H,37,40). The molecule has 0 spiro atoms. The molecule has 3 amide bonds. The second kappa shape index (κ2) is 14.2. The van der Waals surface area contributed by atoms with Gasteiger partial charge in [-0.1, -0.05) is 0 Å². The predicted octanol–water partition coefficient (Wildman–Crippen LogP) is 6.25. The van der Waals surface area contributed by atoms with E-state index in [1.165, 1.54) is 5.01 Å². The van der Waals surface area contributed by atoms with Crippen LogP contribution in [-0.2, 0) is 0 Å². The third-order valence-corrected chi connectivity index (χ3v) is 7.20. The molecule has 10 heteroatoms. The first kappa shape index (κ1) is 30.8. The summed E-state index contributed by atoms with van der Waals surface area (Å²) in [5.41, 5.74) is 4.13. The Labute approximate surface area is 261 Å². The van der Waals surface area contributed by atoms with E-state index in [0.717, 1.165) is 24.1 Å². The first-order chi connectivity index (χ1) is 21.9. The van der Waals surface area contributed by atoms with Crippen LogP contribution >= 0.6 is 0 Å². The van der Waals surface area contributed by atoms with Crippen LogP contribution in [0.15, 0.2) is 96.1 Å². The lowest BCUT2D eigenvalue weighted by Crippen LogP contribution is -2.32. The van der Waals surface area contributed by atoms with Gasteiger partial charge in [0.1, 0.15) is 5.75 Å². The molecule has 0 unspecified atom stereocenters. The van der Waals surface area contributed by atoms with Crippen molar-refractivity contribution in [2.45, 2.75) is 19.8 Å². The highest BCUT2D eigenvalue weighted by atomic mass is 16.5. The van der Waals surface area contributed by atoms with Crippen molar-refractivity contribution in [1.82, 2.24) is 5.01 Å². The van der Waals surface area contributed by atoms with E-state index >= 15 is 0 Å². The first-order valence-corrected chi connectivity index (χ1v) is 14.6. The van der Waals surface area contributed by atoms with Gasteiger partial charge in [0, 0.05) is 40.2 Å². The quantitative estimate of drug-likeness (QED) is 0.220. The molecule has 0 bridgehead atoms. The summed E-state index contributed by atoms with van der Waals surface area (Å²) in [7, 11) is 3.16. The topological polar surface area (TPSA) is 119 Å². The van der Waals surface area contributed by atoms with Crippen LogP contribution in [0.4, 0.5) is 11.4 Å². The van der Waals surface area contributed by atoms with Crippen molar-refractivity contribution < 1.29 is 28.6 Å². The van der Waals surface area contributed by atoms with Gasteiger partial charge in [-0.3, -0.25) is 14.4 Å². The SMILES string of the molecule is CCOc1cc(C2=NN(C(=O)c3ccc(NC(=O)c4ccc(NC(=O)c5ccc(OC)cc5)cc4)cc3)CCC2)ccc1OC. The number of hydrogen-bond donors (Lipinski definition) is 2. The summed E-state index contributed by atoms with van der Waals surface area (Å²) < 4.78 is 16.2. The highest BCUT2D eigenvalue weighted by Gasteiger charge is 2.22. The number of carbonyl (C=O) groups excluding carboxylic acids is 3. The lowest BCUT2D eigenvalue weighted by molar-refractivity contribution is 0.0751. The molecule has 0 aliphatic carbocycles. The van der Waals surface area contributed by atoms with Crippen molar-refractivity contribution in [2.75, 3.05) is 38.0 Å². The molecule has 0 saturated heterocycles. The van der Waals surface area contributed by atoms with Crippen LogP contribution in [0.2, 0.25) is 0 Å². The van der Waals surface area contributed by atoms with Gasteiger partial charge in [-0.25, -0.2) is 5.01 Å². The lowest BCUT2D eigenvalue weighted by atomic mass is 10.0. The van der Waals surface area contributed by atoms with Crippen molar-refractivity contribution in [3.63, 3.8) is 0 Å². The molecule has 5 rings (SSSR count). The third-order valence-electron chi connectivity index (χ3n) is 7.20. The molecular weight excluding hydrogens is 572 g/mol. The minimum Gasteiger partial charge on any atom is -0.497 e. The number of hydrogen-bond acceptors (Lipinski definition) is 7. The van der Waals surface area contributed by atoms with Crippen molar-refractivity contribution in [1.29, 1.82) is 0 Å². The maximum absolute atomic E-state index is 13.3. The number of amides is 3. The van der Waals surface area contributed by atoms with Crippen LogP contribution in [0.5, 0.6) is 17.2 Å². The summed E-state index contributed by atoms with van der Waals surface area (Å²) in [6.07, 6.45) is 1.52.